The van der Waals surface area contributed by atoms with Crippen LogP contribution in [0.15, 0.2) is 12.1 Å². The number of nitrogens with one attached hydrogen (secondary N) is 2. The fourth-order valence-corrected chi connectivity index (χ4v) is 2.94. The van der Waals surface area contributed by atoms with Crippen LogP contribution in [-0.4, -0.2) is 30.6 Å². The van der Waals surface area contributed by atoms with Gasteiger partial charge in [0.05, 0.1) is 0 Å². The zero-order chi connectivity index (χ0) is 14.0. The first-order valence-electron chi connectivity index (χ1n) is 6.83. The molecular formula is C15H23N2OP. The summed E-state index contributed by atoms with van der Waals surface area (Å²) in [7, 11) is 2.92. The SMILES string of the molecule is CCc1c(C)cc(NCC2(P)CNC2)cc1C(C)=O. The minimum Gasteiger partial charge on any atom is -0.384 e. The Balaban J connectivity index is 2.19. The first-order valence-corrected chi connectivity index (χ1v) is 7.41. The molecular weight excluding hydrogens is 255 g/mol. The molecule has 2 rings (SSSR count). The lowest BCUT2D eigenvalue weighted by Crippen LogP contribution is -2.58. The Kier molecular flexibility index (Phi) is 4.27. The second-order valence-electron chi connectivity index (χ2n) is 5.55. The molecule has 19 heavy (non-hydrogen) atoms. The lowest BCUT2D eigenvalue weighted by molar-refractivity contribution is 0.101. The summed E-state index contributed by atoms with van der Waals surface area (Å²) < 4.78 is 0. The summed E-state index contributed by atoms with van der Waals surface area (Å²) >= 11 is 0. The van der Waals surface area contributed by atoms with Crippen LogP contribution < -0.4 is 10.6 Å². The minimum absolute atomic E-state index is 0.148. The Bertz CT molecular complexity index is 495. The molecule has 1 atom stereocenters. The van der Waals surface area contributed by atoms with Crippen LogP contribution >= 0.6 is 9.24 Å². The van der Waals surface area contributed by atoms with Gasteiger partial charge in [-0.15, -0.1) is 9.24 Å². The van der Waals surface area contributed by atoms with E-state index in [0.717, 1.165) is 37.3 Å². The van der Waals surface area contributed by atoms with Crippen molar-refractivity contribution in [1.29, 1.82) is 0 Å². The van der Waals surface area contributed by atoms with Gasteiger partial charge >= 0.3 is 0 Å². The number of aryl methyl sites for hydroxylation is 1. The Morgan fingerprint density at radius 2 is 2.16 bits per heavy atom. The molecule has 0 saturated carbocycles. The van der Waals surface area contributed by atoms with Crippen LogP contribution in [0.1, 0.15) is 35.3 Å². The van der Waals surface area contributed by atoms with Crippen LogP contribution in [0.25, 0.3) is 0 Å². The van der Waals surface area contributed by atoms with E-state index < -0.39 is 0 Å². The molecule has 0 amide bonds. The number of hydrogen-bond donors (Lipinski definition) is 2. The molecule has 4 heteroatoms. The predicted octanol–water partition coefficient (Wildman–Crippen LogP) is 2.39. The largest absolute Gasteiger partial charge is 0.384 e. The third-order valence-corrected chi connectivity index (χ3v) is 4.42. The van der Waals surface area contributed by atoms with Gasteiger partial charge in [0, 0.05) is 36.0 Å². The Morgan fingerprint density at radius 1 is 1.47 bits per heavy atom. The molecule has 0 aromatic heterocycles. The van der Waals surface area contributed by atoms with Crippen molar-refractivity contribution in [3.8, 4) is 0 Å². The smallest absolute Gasteiger partial charge is 0.160 e. The second-order valence-corrected chi connectivity index (χ2v) is 6.77. The number of hydrogen-bond acceptors (Lipinski definition) is 3. The van der Waals surface area contributed by atoms with Gasteiger partial charge in [-0.25, -0.2) is 0 Å². The van der Waals surface area contributed by atoms with Crippen molar-refractivity contribution in [2.45, 2.75) is 32.3 Å². The molecule has 1 unspecified atom stereocenters. The van der Waals surface area contributed by atoms with E-state index in [0.29, 0.717) is 0 Å². The normalized spacial score (nSPS) is 16.8. The van der Waals surface area contributed by atoms with Gasteiger partial charge < -0.3 is 10.6 Å². The molecule has 0 radical (unpaired) electrons. The summed E-state index contributed by atoms with van der Waals surface area (Å²) in [4.78, 5) is 11.8. The molecule has 0 bridgehead atoms. The highest BCUT2D eigenvalue weighted by Gasteiger charge is 2.31. The summed E-state index contributed by atoms with van der Waals surface area (Å²) in [5.74, 6) is 0.148. The standard InChI is InChI=1S/C15H23N2OP/c1-4-13-10(2)5-12(6-14(13)11(3)18)17-9-15(19)7-16-8-15/h5-6,16-17H,4,7-9,19H2,1-3H3. The zero-order valence-electron chi connectivity index (χ0n) is 12.0. The van der Waals surface area contributed by atoms with Gasteiger partial charge in [0.15, 0.2) is 5.78 Å². The van der Waals surface area contributed by atoms with Crippen molar-refractivity contribution >= 4 is 20.7 Å². The summed E-state index contributed by atoms with van der Waals surface area (Å²) in [5, 5.41) is 7.00. The van der Waals surface area contributed by atoms with Crippen molar-refractivity contribution in [3.63, 3.8) is 0 Å². The van der Waals surface area contributed by atoms with Crippen molar-refractivity contribution in [1.82, 2.24) is 5.32 Å². The molecule has 0 aliphatic carbocycles. The number of ketones is 1. The predicted molar refractivity (Wildman–Crippen MR) is 84.4 cm³/mol. The Labute approximate surface area is 117 Å². The molecule has 1 aliphatic rings. The van der Waals surface area contributed by atoms with E-state index in [1.165, 1.54) is 11.1 Å². The summed E-state index contributed by atoms with van der Waals surface area (Å²) in [6.45, 7) is 8.78. The lowest BCUT2D eigenvalue weighted by Gasteiger charge is -2.39. The van der Waals surface area contributed by atoms with Crippen LogP contribution in [0, 0.1) is 6.92 Å². The van der Waals surface area contributed by atoms with Crippen LogP contribution in [0.3, 0.4) is 0 Å². The number of carbonyl (C=O) groups excluding carboxylic acids is 1. The summed E-state index contributed by atoms with van der Waals surface area (Å²) in [5.41, 5.74) is 4.27. The Hall–Kier alpha value is -0.920. The van der Waals surface area contributed by atoms with Crippen molar-refractivity contribution < 1.29 is 4.79 Å². The van der Waals surface area contributed by atoms with Gasteiger partial charge in [-0.2, -0.15) is 0 Å². The fourth-order valence-electron chi connectivity index (χ4n) is 2.55. The van der Waals surface area contributed by atoms with Gasteiger partial charge in [0.2, 0.25) is 0 Å². The highest BCUT2D eigenvalue weighted by Crippen LogP contribution is 2.26. The number of benzene rings is 1. The number of Topliss-reactive ketones (excluding diaryl/α,β-unsaturated/α-hetero) is 1. The van der Waals surface area contributed by atoms with Crippen molar-refractivity contribution in [3.05, 3.63) is 28.8 Å². The summed E-state index contributed by atoms with van der Waals surface area (Å²) in [6, 6.07) is 4.14. The fraction of sp³-hybridized carbons (Fsp3) is 0.533. The molecule has 1 saturated heterocycles. The molecule has 1 heterocycles. The molecule has 1 aromatic rings. The maximum Gasteiger partial charge on any atom is 0.160 e. The van der Waals surface area contributed by atoms with Crippen molar-refractivity contribution in [2.24, 2.45) is 0 Å². The first kappa shape index (κ1) is 14.5. The zero-order valence-corrected chi connectivity index (χ0v) is 13.1. The van der Waals surface area contributed by atoms with E-state index in [9.17, 15) is 4.79 Å². The van der Waals surface area contributed by atoms with Crippen LogP contribution in [0.4, 0.5) is 5.69 Å². The monoisotopic (exact) mass is 278 g/mol. The van der Waals surface area contributed by atoms with E-state index in [2.05, 4.69) is 39.8 Å². The van der Waals surface area contributed by atoms with Crippen LogP contribution in [-0.2, 0) is 6.42 Å². The summed E-state index contributed by atoms with van der Waals surface area (Å²) in [6.07, 6.45) is 0.901. The van der Waals surface area contributed by atoms with Gasteiger partial charge in [-0.3, -0.25) is 4.79 Å². The van der Waals surface area contributed by atoms with E-state index in [1.807, 2.05) is 6.07 Å². The van der Waals surface area contributed by atoms with Gasteiger partial charge in [0.1, 0.15) is 0 Å². The number of rotatable bonds is 5. The van der Waals surface area contributed by atoms with E-state index in [4.69, 9.17) is 0 Å². The Morgan fingerprint density at radius 3 is 2.63 bits per heavy atom. The first-order chi connectivity index (χ1) is 8.95. The van der Waals surface area contributed by atoms with E-state index >= 15 is 0 Å². The lowest BCUT2D eigenvalue weighted by atomic mass is 9.96. The quantitative estimate of drug-likeness (QED) is 0.642. The molecule has 0 spiro atoms. The minimum atomic E-state index is 0.148. The van der Waals surface area contributed by atoms with Crippen molar-refractivity contribution in [2.75, 3.05) is 25.0 Å². The molecule has 1 aromatic carbocycles. The molecule has 2 N–H and O–H groups in total. The third-order valence-electron chi connectivity index (χ3n) is 3.80. The molecule has 1 aliphatic heterocycles. The third kappa shape index (κ3) is 3.16. The number of anilines is 1. The second kappa shape index (κ2) is 5.60. The number of carbonyl (C=O) groups is 1. The van der Waals surface area contributed by atoms with Gasteiger partial charge in [-0.05, 0) is 43.5 Å². The van der Waals surface area contributed by atoms with Gasteiger partial charge in [0.25, 0.3) is 0 Å². The molecule has 1 fully saturated rings. The maximum atomic E-state index is 11.8. The van der Waals surface area contributed by atoms with Gasteiger partial charge in [-0.1, -0.05) is 6.92 Å². The molecule has 3 nitrogen and oxygen atoms in total. The highest BCUT2D eigenvalue weighted by atomic mass is 31.0. The highest BCUT2D eigenvalue weighted by molar-refractivity contribution is 7.19. The van der Waals surface area contributed by atoms with E-state index in [1.54, 1.807) is 6.92 Å². The van der Waals surface area contributed by atoms with E-state index in [-0.39, 0.29) is 10.9 Å². The topological polar surface area (TPSA) is 41.1 Å². The van der Waals surface area contributed by atoms with Crippen LogP contribution in [0.2, 0.25) is 0 Å². The average Bonchev–Trinajstić information content (AvgIpc) is 2.33. The van der Waals surface area contributed by atoms with Crippen LogP contribution in [0.5, 0.6) is 0 Å². The average molecular weight is 278 g/mol. The molecule has 104 valence electrons. The maximum absolute atomic E-state index is 11.8.